The number of hydrogen-bond acceptors (Lipinski definition) is 2. The number of rotatable bonds is 4. The van der Waals surface area contributed by atoms with E-state index in [4.69, 9.17) is 4.55 Å². The van der Waals surface area contributed by atoms with Gasteiger partial charge in [0.15, 0.2) is 0 Å². The molecular weight excluding hydrogens is 248 g/mol. The summed E-state index contributed by atoms with van der Waals surface area (Å²) < 4.78 is 29.6. The minimum Gasteiger partial charge on any atom is -0.282 e. The Morgan fingerprint density at radius 2 is 1.39 bits per heavy atom. The summed E-state index contributed by atoms with van der Waals surface area (Å²) in [6.07, 6.45) is 4.06. The summed E-state index contributed by atoms with van der Waals surface area (Å²) >= 11 is 0. The Balaban J connectivity index is 0.000000360. The maximum Gasteiger partial charge on any atom is 0.294 e. The van der Waals surface area contributed by atoms with Gasteiger partial charge in [-0.15, -0.1) is 0 Å². The van der Waals surface area contributed by atoms with Gasteiger partial charge in [-0.05, 0) is 25.0 Å². The Labute approximate surface area is 111 Å². The molecule has 0 spiro atoms. The predicted octanol–water partition coefficient (Wildman–Crippen LogP) is 4.07. The van der Waals surface area contributed by atoms with Gasteiger partial charge in [0.1, 0.15) is 0 Å². The molecule has 3 nitrogen and oxygen atoms in total. The van der Waals surface area contributed by atoms with Crippen molar-refractivity contribution in [2.75, 3.05) is 0 Å². The number of hydrogen-bond donors (Lipinski definition) is 1. The Hall–Kier alpha value is -0.870. The van der Waals surface area contributed by atoms with Crippen molar-refractivity contribution in [1.29, 1.82) is 0 Å². The maximum atomic E-state index is 10.5. The van der Waals surface area contributed by atoms with Crippen LogP contribution in [0, 0.1) is 12.8 Å². The summed E-state index contributed by atoms with van der Waals surface area (Å²) in [5.41, 5.74) is 0.956. The first-order valence-corrected chi connectivity index (χ1v) is 7.83. The van der Waals surface area contributed by atoms with Gasteiger partial charge in [-0.25, -0.2) is 0 Å². The lowest BCUT2D eigenvalue weighted by Gasteiger charge is -2.05. The van der Waals surface area contributed by atoms with Gasteiger partial charge >= 0.3 is 0 Å². The monoisotopic (exact) mass is 272 g/mol. The Morgan fingerprint density at radius 3 is 1.61 bits per heavy atom. The Morgan fingerprint density at radius 1 is 1.00 bits per heavy atom. The third-order valence-corrected chi connectivity index (χ3v) is 3.92. The van der Waals surface area contributed by atoms with Crippen molar-refractivity contribution in [3.8, 4) is 0 Å². The van der Waals surface area contributed by atoms with Gasteiger partial charge in [0.2, 0.25) is 0 Å². The minimum atomic E-state index is -4.02. The quantitative estimate of drug-likeness (QED) is 0.840. The Kier molecular flexibility index (Phi) is 7.87. The third-order valence-electron chi connectivity index (χ3n) is 3.05. The highest BCUT2D eigenvalue weighted by atomic mass is 32.2. The van der Waals surface area contributed by atoms with Gasteiger partial charge in [0, 0.05) is 0 Å². The molecule has 0 amide bonds. The van der Waals surface area contributed by atoms with Crippen LogP contribution in [0.5, 0.6) is 0 Å². The van der Waals surface area contributed by atoms with E-state index in [0.717, 1.165) is 11.5 Å². The van der Waals surface area contributed by atoms with E-state index in [-0.39, 0.29) is 4.90 Å². The van der Waals surface area contributed by atoms with E-state index in [1.165, 1.54) is 31.4 Å². The highest BCUT2D eigenvalue weighted by Gasteiger charge is 2.06. The van der Waals surface area contributed by atoms with Crippen molar-refractivity contribution in [1.82, 2.24) is 0 Å². The molecule has 1 N–H and O–H groups in total. The molecule has 0 radical (unpaired) electrons. The molecular formula is C14H24O3S. The van der Waals surface area contributed by atoms with Crippen LogP contribution in [0.1, 0.15) is 45.6 Å². The second kappa shape index (κ2) is 8.27. The highest BCUT2D eigenvalue weighted by molar-refractivity contribution is 7.85. The molecule has 0 bridgehead atoms. The molecule has 0 atom stereocenters. The summed E-state index contributed by atoms with van der Waals surface area (Å²) in [7, 11) is -4.02. The lowest BCUT2D eigenvalue weighted by atomic mass is 10.0. The molecule has 0 aliphatic rings. The van der Waals surface area contributed by atoms with Crippen LogP contribution in [0.4, 0.5) is 0 Å². The zero-order valence-corrected chi connectivity index (χ0v) is 12.5. The van der Waals surface area contributed by atoms with Crippen molar-refractivity contribution < 1.29 is 13.0 Å². The fraction of sp³-hybridized carbons (Fsp3) is 0.571. The van der Waals surface area contributed by atoms with E-state index >= 15 is 0 Å². The number of aryl methyl sites for hydroxylation is 1. The average Bonchev–Trinajstić information content (AvgIpc) is 2.31. The van der Waals surface area contributed by atoms with Crippen LogP contribution in [0.2, 0.25) is 0 Å². The summed E-state index contributed by atoms with van der Waals surface area (Å²) in [6.45, 7) is 8.63. The van der Waals surface area contributed by atoms with E-state index in [1.807, 2.05) is 6.92 Å². The standard InChI is InChI=1S/C7H8O3S.C7H16/c1-6-2-4-7(5-3-6)11(8,9)10;1-4-7(5-2)6-3/h2-5H,1H3,(H,8,9,10);7H,4-6H2,1-3H3. The van der Waals surface area contributed by atoms with Crippen LogP contribution < -0.4 is 0 Å². The van der Waals surface area contributed by atoms with E-state index in [9.17, 15) is 8.42 Å². The molecule has 1 aromatic carbocycles. The van der Waals surface area contributed by atoms with Crippen LogP contribution in [-0.2, 0) is 10.1 Å². The average molecular weight is 272 g/mol. The third kappa shape index (κ3) is 6.77. The van der Waals surface area contributed by atoms with Crippen molar-refractivity contribution in [2.24, 2.45) is 5.92 Å². The lowest BCUT2D eigenvalue weighted by molar-refractivity contribution is 0.477. The molecule has 1 aromatic rings. The molecule has 4 heteroatoms. The normalized spacial score (nSPS) is 11.0. The molecule has 1 rings (SSSR count). The fourth-order valence-electron chi connectivity index (χ4n) is 1.58. The van der Waals surface area contributed by atoms with Crippen molar-refractivity contribution in [3.05, 3.63) is 29.8 Å². The zero-order valence-electron chi connectivity index (χ0n) is 11.7. The van der Waals surface area contributed by atoms with Crippen LogP contribution in [0.15, 0.2) is 29.2 Å². The van der Waals surface area contributed by atoms with Gasteiger partial charge in [-0.1, -0.05) is 57.7 Å². The Bertz CT molecular complexity index is 411. The van der Waals surface area contributed by atoms with Gasteiger partial charge in [-0.3, -0.25) is 4.55 Å². The van der Waals surface area contributed by atoms with Crippen molar-refractivity contribution in [2.45, 2.75) is 51.9 Å². The van der Waals surface area contributed by atoms with E-state index in [0.29, 0.717) is 0 Å². The fourth-order valence-corrected chi connectivity index (χ4v) is 2.06. The smallest absolute Gasteiger partial charge is 0.282 e. The lowest BCUT2D eigenvalue weighted by Crippen LogP contribution is -1.96. The van der Waals surface area contributed by atoms with Crippen LogP contribution in [-0.4, -0.2) is 13.0 Å². The van der Waals surface area contributed by atoms with E-state index in [2.05, 4.69) is 20.8 Å². The van der Waals surface area contributed by atoms with E-state index < -0.39 is 10.1 Å². The molecule has 0 saturated heterocycles. The van der Waals surface area contributed by atoms with Crippen molar-refractivity contribution in [3.63, 3.8) is 0 Å². The van der Waals surface area contributed by atoms with Crippen LogP contribution in [0.3, 0.4) is 0 Å². The van der Waals surface area contributed by atoms with Crippen LogP contribution >= 0.6 is 0 Å². The first kappa shape index (κ1) is 17.1. The van der Waals surface area contributed by atoms with Crippen molar-refractivity contribution >= 4 is 10.1 Å². The molecule has 0 heterocycles. The summed E-state index contributed by atoms with van der Waals surface area (Å²) in [5, 5.41) is 0. The zero-order chi connectivity index (χ0) is 14.2. The van der Waals surface area contributed by atoms with Gasteiger partial charge in [0.25, 0.3) is 10.1 Å². The minimum absolute atomic E-state index is 0.0666. The van der Waals surface area contributed by atoms with E-state index in [1.54, 1.807) is 12.1 Å². The second-order valence-electron chi connectivity index (χ2n) is 4.38. The maximum absolute atomic E-state index is 10.5. The topological polar surface area (TPSA) is 54.4 Å². The summed E-state index contributed by atoms with van der Waals surface area (Å²) in [5.74, 6) is 0.986. The number of benzene rings is 1. The molecule has 0 saturated carbocycles. The molecule has 0 aliphatic carbocycles. The molecule has 104 valence electrons. The SMILES string of the molecule is CCC(CC)CC.Cc1ccc(S(=O)(=O)O)cc1. The molecule has 0 aromatic heterocycles. The predicted molar refractivity (Wildman–Crippen MR) is 75.4 cm³/mol. The van der Waals surface area contributed by atoms with Gasteiger partial charge in [-0.2, -0.15) is 8.42 Å². The van der Waals surface area contributed by atoms with Gasteiger partial charge in [0.05, 0.1) is 4.90 Å². The summed E-state index contributed by atoms with van der Waals surface area (Å²) in [6, 6.07) is 5.99. The molecule has 0 aliphatic heterocycles. The summed E-state index contributed by atoms with van der Waals surface area (Å²) in [4.78, 5) is -0.0666. The molecule has 18 heavy (non-hydrogen) atoms. The largest absolute Gasteiger partial charge is 0.294 e. The molecule has 0 fully saturated rings. The van der Waals surface area contributed by atoms with Crippen LogP contribution in [0.25, 0.3) is 0 Å². The first-order chi connectivity index (χ1) is 8.35. The highest BCUT2D eigenvalue weighted by Crippen LogP contribution is 2.10. The van der Waals surface area contributed by atoms with Gasteiger partial charge < -0.3 is 0 Å². The second-order valence-corrected chi connectivity index (χ2v) is 5.80. The first-order valence-electron chi connectivity index (χ1n) is 6.39. The molecule has 0 unspecified atom stereocenters.